The molecule has 150 valence electrons. The van der Waals surface area contributed by atoms with E-state index in [0.717, 1.165) is 31.2 Å². The Balaban J connectivity index is 1.36. The second kappa shape index (κ2) is 7.11. The van der Waals surface area contributed by atoms with Crippen molar-refractivity contribution < 1.29 is 19.5 Å². The Morgan fingerprint density at radius 2 is 1.93 bits per heavy atom. The van der Waals surface area contributed by atoms with Gasteiger partial charge in [0, 0.05) is 38.3 Å². The van der Waals surface area contributed by atoms with Crippen LogP contribution in [0, 0.1) is 11.3 Å². The first-order valence-electron chi connectivity index (χ1n) is 10.0. The number of carbonyl (C=O) groups excluding carboxylic acids is 2. The minimum atomic E-state index is -0.777. The smallest absolute Gasteiger partial charge is 0.321 e. The largest absolute Gasteiger partial charge is 0.481 e. The number of likely N-dealkylation sites (tertiary alicyclic amines) is 1. The van der Waals surface area contributed by atoms with Gasteiger partial charge in [0.15, 0.2) is 0 Å². The standard InChI is InChI=1S/C21H27N3O4/c1-14(25)24(18-8-9-18)11-15-4-6-17(7-5-15)22-20(28)23-12-16-3-2-10-21(16,13-23)19(26)27/h4-7,16,18H,2-3,8-13H2,1H3,(H,22,28)(H,26,27)/t16-,21+/m0/s1. The Kier molecular flexibility index (Phi) is 4.77. The van der Waals surface area contributed by atoms with E-state index in [1.165, 1.54) is 0 Å². The Morgan fingerprint density at radius 3 is 2.50 bits per heavy atom. The van der Waals surface area contributed by atoms with Crippen LogP contribution in [0.4, 0.5) is 10.5 Å². The lowest BCUT2D eigenvalue weighted by atomic mass is 9.81. The maximum absolute atomic E-state index is 12.6. The van der Waals surface area contributed by atoms with Gasteiger partial charge in [-0.2, -0.15) is 0 Å². The molecule has 7 heteroatoms. The maximum Gasteiger partial charge on any atom is 0.321 e. The highest BCUT2D eigenvalue weighted by atomic mass is 16.4. The van der Waals surface area contributed by atoms with Crippen LogP contribution in [0.1, 0.15) is 44.6 Å². The van der Waals surface area contributed by atoms with E-state index in [1.807, 2.05) is 29.2 Å². The lowest BCUT2D eigenvalue weighted by Crippen LogP contribution is -2.38. The number of amides is 3. The van der Waals surface area contributed by atoms with Crippen LogP contribution < -0.4 is 5.32 Å². The predicted molar refractivity (Wildman–Crippen MR) is 104 cm³/mol. The minimum absolute atomic E-state index is 0.0538. The zero-order valence-electron chi connectivity index (χ0n) is 16.2. The van der Waals surface area contributed by atoms with Gasteiger partial charge in [0.1, 0.15) is 0 Å². The zero-order valence-corrected chi connectivity index (χ0v) is 16.2. The fourth-order valence-electron chi connectivity index (χ4n) is 4.77. The number of carboxylic acid groups (broad SMARTS) is 1. The van der Waals surface area contributed by atoms with Crippen LogP contribution in [-0.4, -0.2) is 51.9 Å². The molecule has 1 aromatic carbocycles. The monoisotopic (exact) mass is 385 g/mol. The number of nitrogens with zero attached hydrogens (tertiary/aromatic N) is 2. The number of benzene rings is 1. The molecule has 2 N–H and O–H groups in total. The molecule has 0 unspecified atom stereocenters. The normalized spacial score (nSPS) is 26.0. The summed E-state index contributed by atoms with van der Waals surface area (Å²) in [4.78, 5) is 39.7. The summed E-state index contributed by atoms with van der Waals surface area (Å²) in [6.45, 7) is 2.97. The summed E-state index contributed by atoms with van der Waals surface area (Å²) >= 11 is 0. The topological polar surface area (TPSA) is 90.0 Å². The van der Waals surface area contributed by atoms with Gasteiger partial charge in [0.25, 0.3) is 0 Å². The first-order valence-corrected chi connectivity index (χ1v) is 10.0. The maximum atomic E-state index is 12.6. The third kappa shape index (κ3) is 3.45. The Labute approximate surface area is 164 Å². The van der Waals surface area contributed by atoms with Gasteiger partial charge >= 0.3 is 12.0 Å². The number of fused-ring (bicyclic) bond motifs is 1. The highest BCUT2D eigenvalue weighted by molar-refractivity contribution is 5.90. The Hall–Kier alpha value is -2.57. The quantitative estimate of drug-likeness (QED) is 0.815. The number of anilines is 1. The lowest BCUT2D eigenvalue weighted by Gasteiger charge is -2.23. The third-order valence-corrected chi connectivity index (χ3v) is 6.53. The van der Waals surface area contributed by atoms with Crippen molar-refractivity contribution in [2.75, 3.05) is 18.4 Å². The van der Waals surface area contributed by atoms with Gasteiger partial charge < -0.3 is 20.2 Å². The number of aliphatic carboxylic acids is 1. The second-order valence-electron chi connectivity index (χ2n) is 8.44. The van der Waals surface area contributed by atoms with Crippen LogP contribution in [0.5, 0.6) is 0 Å². The van der Waals surface area contributed by atoms with Gasteiger partial charge in [-0.25, -0.2) is 4.79 Å². The molecule has 4 rings (SSSR count). The van der Waals surface area contributed by atoms with E-state index in [9.17, 15) is 19.5 Å². The second-order valence-corrected chi connectivity index (χ2v) is 8.44. The van der Waals surface area contributed by atoms with E-state index < -0.39 is 11.4 Å². The number of rotatable bonds is 5. The van der Waals surface area contributed by atoms with Crippen LogP contribution in [-0.2, 0) is 16.1 Å². The van der Waals surface area contributed by atoms with Crippen molar-refractivity contribution in [3.05, 3.63) is 29.8 Å². The van der Waals surface area contributed by atoms with Crippen LogP contribution in [0.2, 0.25) is 0 Å². The molecule has 3 amide bonds. The van der Waals surface area contributed by atoms with Crippen LogP contribution in [0.25, 0.3) is 0 Å². The van der Waals surface area contributed by atoms with Crippen molar-refractivity contribution >= 4 is 23.6 Å². The number of carboxylic acids is 1. The molecule has 28 heavy (non-hydrogen) atoms. The predicted octanol–water partition coefficient (Wildman–Crippen LogP) is 2.92. The van der Waals surface area contributed by atoms with E-state index in [1.54, 1.807) is 11.8 Å². The molecule has 1 heterocycles. The third-order valence-electron chi connectivity index (χ3n) is 6.53. The van der Waals surface area contributed by atoms with Gasteiger partial charge in [0.05, 0.1) is 5.41 Å². The summed E-state index contributed by atoms with van der Waals surface area (Å²) in [5, 5.41) is 12.5. The summed E-state index contributed by atoms with van der Waals surface area (Å²) in [6.07, 6.45) is 4.59. The molecular formula is C21H27N3O4. The minimum Gasteiger partial charge on any atom is -0.481 e. The van der Waals surface area contributed by atoms with Gasteiger partial charge in [-0.05, 0) is 49.3 Å². The summed E-state index contributed by atoms with van der Waals surface area (Å²) in [5.74, 6) is -0.634. The number of carbonyl (C=O) groups is 3. The average Bonchev–Trinajstić information content (AvgIpc) is 3.28. The fraction of sp³-hybridized carbons (Fsp3) is 0.571. The summed E-state index contributed by atoms with van der Waals surface area (Å²) in [5.41, 5.74) is 0.941. The van der Waals surface area contributed by atoms with E-state index in [0.29, 0.717) is 31.2 Å². The molecule has 2 atom stereocenters. The number of nitrogens with one attached hydrogen (secondary N) is 1. The highest BCUT2D eigenvalue weighted by Crippen LogP contribution is 2.48. The molecule has 3 fully saturated rings. The van der Waals surface area contributed by atoms with Crippen molar-refractivity contribution in [1.82, 2.24) is 9.80 Å². The van der Waals surface area contributed by atoms with E-state index in [4.69, 9.17) is 0 Å². The van der Waals surface area contributed by atoms with Gasteiger partial charge in [-0.1, -0.05) is 18.6 Å². The Bertz CT molecular complexity index is 789. The zero-order chi connectivity index (χ0) is 19.9. The van der Waals surface area contributed by atoms with Crippen LogP contribution in [0.3, 0.4) is 0 Å². The molecular weight excluding hydrogens is 358 g/mol. The number of urea groups is 1. The first kappa shape index (κ1) is 18.8. The molecule has 1 aromatic rings. The number of hydrogen-bond donors (Lipinski definition) is 2. The number of hydrogen-bond acceptors (Lipinski definition) is 3. The highest BCUT2D eigenvalue weighted by Gasteiger charge is 2.55. The lowest BCUT2D eigenvalue weighted by molar-refractivity contribution is -0.149. The molecule has 2 aliphatic carbocycles. The van der Waals surface area contributed by atoms with Gasteiger partial charge in [-0.15, -0.1) is 0 Å². The summed E-state index contributed by atoms with van der Waals surface area (Å²) < 4.78 is 0. The van der Waals surface area contributed by atoms with E-state index in [-0.39, 0.29) is 24.4 Å². The molecule has 0 bridgehead atoms. The molecule has 3 aliphatic rings. The van der Waals surface area contributed by atoms with Crippen molar-refractivity contribution in [3.8, 4) is 0 Å². The molecule has 0 radical (unpaired) electrons. The SMILES string of the molecule is CC(=O)N(Cc1ccc(NC(=O)N2C[C@@H]3CCC[C@@]3(C(=O)O)C2)cc1)C1CC1. The van der Waals surface area contributed by atoms with Crippen molar-refractivity contribution in [1.29, 1.82) is 0 Å². The first-order chi connectivity index (χ1) is 13.4. The van der Waals surface area contributed by atoms with Gasteiger partial charge in [-0.3, -0.25) is 9.59 Å². The van der Waals surface area contributed by atoms with Crippen molar-refractivity contribution in [3.63, 3.8) is 0 Å². The average molecular weight is 385 g/mol. The molecule has 7 nitrogen and oxygen atoms in total. The van der Waals surface area contributed by atoms with Crippen LogP contribution >= 0.6 is 0 Å². The van der Waals surface area contributed by atoms with Crippen molar-refractivity contribution in [2.24, 2.45) is 11.3 Å². The Morgan fingerprint density at radius 1 is 1.21 bits per heavy atom. The molecule has 2 saturated carbocycles. The van der Waals surface area contributed by atoms with Crippen LogP contribution in [0.15, 0.2) is 24.3 Å². The van der Waals surface area contributed by atoms with E-state index >= 15 is 0 Å². The van der Waals surface area contributed by atoms with E-state index in [2.05, 4.69) is 5.32 Å². The molecule has 0 spiro atoms. The van der Waals surface area contributed by atoms with Crippen molar-refractivity contribution in [2.45, 2.75) is 51.6 Å². The van der Waals surface area contributed by atoms with Gasteiger partial charge in [0.2, 0.25) is 5.91 Å². The summed E-state index contributed by atoms with van der Waals surface area (Å²) in [7, 11) is 0. The molecule has 1 saturated heterocycles. The fourth-order valence-corrected chi connectivity index (χ4v) is 4.77. The molecule has 0 aromatic heterocycles. The summed E-state index contributed by atoms with van der Waals surface area (Å²) in [6, 6.07) is 7.64. The molecule has 1 aliphatic heterocycles.